The monoisotopic (exact) mass is 265 g/mol. The lowest BCUT2D eigenvalue weighted by Gasteiger charge is -2.49. The lowest BCUT2D eigenvalue weighted by atomic mass is 9.66. The van der Waals surface area contributed by atoms with Crippen LogP contribution in [0.5, 0.6) is 0 Å². The second kappa shape index (κ2) is 6.13. The van der Waals surface area contributed by atoms with Gasteiger partial charge in [0.2, 0.25) is 0 Å². The minimum Gasteiger partial charge on any atom is -0.375 e. The Labute approximate surface area is 118 Å². The minimum atomic E-state index is 0.340. The Morgan fingerprint density at radius 1 is 1.11 bits per heavy atom. The van der Waals surface area contributed by atoms with Gasteiger partial charge in [-0.15, -0.1) is 0 Å². The molecule has 1 saturated heterocycles. The van der Waals surface area contributed by atoms with Gasteiger partial charge in [-0.25, -0.2) is 0 Å². The normalized spacial score (nSPS) is 38.1. The van der Waals surface area contributed by atoms with E-state index in [-0.39, 0.29) is 0 Å². The van der Waals surface area contributed by atoms with Crippen molar-refractivity contribution in [2.24, 2.45) is 11.8 Å². The molecule has 3 aliphatic rings. The van der Waals surface area contributed by atoms with E-state index in [9.17, 15) is 0 Å². The zero-order valence-corrected chi connectivity index (χ0v) is 12.6. The van der Waals surface area contributed by atoms with Crippen molar-refractivity contribution in [2.75, 3.05) is 13.2 Å². The summed E-state index contributed by atoms with van der Waals surface area (Å²) in [5.41, 5.74) is 0.340. The molecule has 2 nitrogen and oxygen atoms in total. The Balaban J connectivity index is 1.52. The van der Waals surface area contributed by atoms with Gasteiger partial charge in [-0.1, -0.05) is 19.8 Å². The van der Waals surface area contributed by atoms with Crippen molar-refractivity contribution in [3.05, 3.63) is 0 Å². The Bertz CT molecular complexity index is 287. The lowest BCUT2D eigenvalue weighted by Crippen LogP contribution is -2.48. The molecule has 19 heavy (non-hydrogen) atoms. The lowest BCUT2D eigenvalue weighted by molar-refractivity contribution is -0.152. The van der Waals surface area contributed by atoms with Crippen LogP contribution in [0.3, 0.4) is 0 Å². The molecular weight excluding hydrogens is 234 g/mol. The summed E-state index contributed by atoms with van der Waals surface area (Å²) in [5.74, 6) is 1.93. The molecule has 1 aliphatic heterocycles. The zero-order chi connectivity index (χ0) is 13.1. The highest BCUT2D eigenvalue weighted by atomic mass is 16.5. The summed E-state index contributed by atoms with van der Waals surface area (Å²) in [4.78, 5) is 0. The molecule has 2 saturated carbocycles. The average molecular weight is 265 g/mol. The molecule has 2 aliphatic carbocycles. The first kappa shape index (κ1) is 13.9. The third kappa shape index (κ3) is 3.16. The first-order chi connectivity index (χ1) is 9.31. The van der Waals surface area contributed by atoms with E-state index < -0.39 is 0 Å². The topological polar surface area (TPSA) is 21.3 Å². The van der Waals surface area contributed by atoms with Crippen LogP contribution in [0.4, 0.5) is 0 Å². The van der Waals surface area contributed by atoms with Crippen LogP contribution in [0.2, 0.25) is 0 Å². The van der Waals surface area contributed by atoms with Crippen LogP contribution in [0.15, 0.2) is 0 Å². The van der Waals surface area contributed by atoms with Crippen LogP contribution in [-0.4, -0.2) is 24.8 Å². The van der Waals surface area contributed by atoms with E-state index >= 15 is 0 Å². The predicted molar refractivity (Wildman–Crippen MR) is 79.3 cm³/mol. The van der Waals surface area contributed by atoms with E-state index in [0.29, 0.717) is 5.60 Å². The Kier molecular flexibility index (Phi) is 4.48. The largest absolute Gasteiger partial charge is 0.375 e. The van der Waals surface area contributed by atoms with Gasteiger partial charge in [0, 0.05) is 12.6 Å². The highest BCUT2D eigenvalue weighted by molar-refractivity contribution is 4.96. The third-order valence-electron chi connectivity index (χ3n) is 5.86. The highest BCUT2D eigenvalue weighted by Crippen LogP contribution is 2.48. The average Bonchev–Trinajstić information content (AvgIpc) is 2.44. The van der Waals surface area contributed by atoms with Gasteiger partial charge in [0.25, 0.3) is 0 Å². The van der Waals surface area contributed by atoms with Crippen molar-refractivity contribution < 1.29 is 4.74 Å². The predicted octanol–water partition coefficient (Wildman–Crippen LogP) is 3.89. The van der Waals surface area contributed by atoms with E-state index in [1.165, 1.54) is 70.8 Å². The molecule has 1 spiro atoms. The maximum absolute atomic E-state index is 6.10. The molecule has 110 valence electrons. The number of hydrogen-bond donors (Lipinski definition) is 1. The molecule has 0 bridgehead atoms. The number of hydrogen-bond acceptors (Lipinski definition) is 2. The van der Waals surface area contributed by atoms with Crippen LogP contribution in [-0.2, 0) is 4.74 Å². The Hall–Kier alpha value is -0.0800. The molecule has 0 aromatic carbocycles. The van der Waals surface area contributed by atoms with Crippen molar-refractivity contribution in [2.45, 2.75) is 82.8 Å². The van der Waals surface area contributed by atoms with Gasteiger partial charge in [-0.3, -0.25) is 0 Å². The highest BCUT2D eigenvalue weighted by Gasteiger charge is 2.44. The molecule has 0 aromatic rings. The third-order valence-corrected chi connectivity index (χ3v) is 5.86. The molecule has 0 amide bonds. The second-order valence-corrected chi connectivity index (χ2v) is 7.22. The first-order valence-corrected chi connectivity index (χ1v) is 8.69. The molecular formula is C17H31NO. The van der Waals surface area contributed by atoms with Gasteiger partial charge in [-0.2, -0.15) is 0 Å². The molecule has 3 rings (SSSR count). The number of rotatable bonds is 4. The van der Waals surface area contributed by atoms with E-state index in [0.717, 1.165) is 24.5 Å². The molecule has 3 unspecified atom stereocenters. The van der Waals surface area contributed by atoms with Crippen LogP contribution in [0.1, 0.15) is 71.1 Å². The van der Waals surface area contributed by atoms with Crippen molar-refractivity contribution in [3.8, 4) is 0 Å². The van der Waals surface area contributed by atoms with Crippen LogP contribution in [0.25, 0.3) is 0 Å². The maximum Gasteiger partial charge on any atom is 0.0685 e. The summed E-state index contributed by atoms with van der Waals surface area (Å²) in [5, 5.41) is 3.76. The molecule has 2 heteroatoms. The molecule has 1 heterocycles. The van der Waals surface area contributed by atoms with E-state index in [4.69, 9.17) is 4.74 Å². The zero-order valence-electron chi connectivity index (χ0n) is 12.6. The summed E-state index contributed by atoms with van der Waals surface area (Å²) in [6.45, 7) is 4.51. The standard InChI is InChI=1S/C17H31NO/c1-2-10-18-16-6-3-5-14(12-16)15-7-11-19-17(13-15)8-4-9-17/h14-16,18H,2-13H2,1H3. The van der Waals surface area contributed by atoms with Gasteiger partial charge >= 0.3 is 0 Å². The minimum absolute atomic E-state index is 0.340. The van der Waals surface area contributed by atoms with Crippen molar-refractivity contribution in [1.82, 2.24) is 5.32 Å². The van der Waals surface area contributed by atoms with Crippen molar-refractivity contribution in [3.63, 3.8) is 0 Å². The van der Waals surface area contributed by atoms with Gasteiger partial charge in [0.05, 0.1) is 5.60 Å². The fraction of sp³-hybridized carbons (Fsp3) is 1.00. The Morgan fingerprint density at radius 2 is 2.00 bits per heavy atom. The number of ether oxygens (including phenoxy) is 1. The molecule has 0 radical (unpaired) electrons. The number of nitrogens with one attached hydrogen (secondary N) is 1. The first-order valence-electron chi connectivity index (χ1n) is 8.69. The molecule has 3 atom stereocenters. The van der Waals surface area contributed by atoms with Crippen LogP contribution in [0, 0.1) is 11.8 Å². The van der Waals surface area contributed by atoms with Gasteiger partial charge in [0.1, 0.15) is 0 Å². The maximum atomic E-state index is 6.10. The van der Waals surface area contributed by atoms with Gasteiger partial charge in [-0.05, 0) is 69.7 Å². The summed E-state index contributed by atoms with van der Waals surface area (Å²) < 4.78 is 6.10. The van der Waals surface area contributed by atoms with Gasteiger partial charge in [0.15, 0.2) is 0 Å². The van der Waals surface area contributed by atoms with Crippen molar-refractivity contribution >= 4 is 0 Å². The SMILES string of the molecule is CCCNC1CCCC(C2CCOC3(CCC3)C2)C1. The fourth-order valence-electron chi connectivity index (χ4n) is 4.58. The van der Waals surface area contributed by atoms with Crippen molar-refractivity contribution in [1.29, 1.82) is 0 Å². The van der Waals surface area contributed by atoms with Crippen LogP contribution < -0.4 is 5.32 Å². The van der Waals surface area contributed by atoms with E-state index in [2.05, 4.69) is 12.2 Å². The molecule has 0 aromatic heterocycles. The van der Waals surface area contributed by atoms with Crippen LogP contribution >= 0.6 is 0 Å². The van der Waals surface area contributed by atoms with E-state index in [1.807, 2.05) is 0 Å². The van der Waals surface area contributed by atoms with E-state index in [1.54, 1.807) is 0 Å². The van der Waals surface area contributed by atoms with Gasteiger partial charge < -0.3 is 10.1 Å². The summed E-state index contributed by atoms with van der Waals surface area (Å²) in [7, 11) is 0. The summed E-state index contributed by atoms with van der Waals surface area (Å²) in [6.07, 6.45) is 13.8. The molecule has 1 N–H and O–H groups in total. The summed E-state index contributed by atoms with van der Waals surface area (Å²) in [6, 6.07) is 0.805. The Morgan fingerprint density at radius 3 is 2.74 bits per heavy atom. The fourth-order valence-corrected chi connectivity index (χ4v) is 4.58. The second-order valence-electron chi connectivity index (χ2n) is 7.22. The summed E-state index contributed by atoms with van der Waals surface area (Å²) >= 11 is 0. The molecule has 3 fully saturated rings. The smallest absolute Gasteiger partial charge is 0.0685 e. The quantitative estimate of drug-likeness (QED) is 0.832.